The Labute approximate surface area is 187 Å². The number of hydrogen-bond acceptors (Lipinski definition) is 6. The molecule has 0 saturated carbocycles. The minimum atomic E-state index is -0.463. The molecule has 3 aromatic carbocycles. The van der Waals surface area contributed by atoms with Crippen molar-refractivity contribution >= 4 is 35.7 Å². The number of rotatable bonds is 6. The molecule has 9 heteroatoms. The molecule has 0 aliphatic heterocycles. The Morgan fingerprint density at radius 1 is 1.03 bits per heavy atom. The second-order valence-electron chi connectivity index (χ2n) is 6.69. The van der Waals surface area contributed by atoms with Gasteiger partial charge in [-0.05, 0) is 18.2 Å². The summed E-state index contributed by atoms with van der Waals surface area (Å²) in [5.74, 6) is 0.282. The van der Waals surface area contributed by atoms with Gasteiger partial charge in [-0.2, -0.15) is 5.10 Å². The molecule has 0 spiro atoms. The molecule has 0 unspecified atom stereocenters. The molecule has 158 valence electrons. The lowest BCUT2D eigenvalue weighted by molar-refractivity contribution is -0.384. The molecule has 0 amide bonds. The predicted octanol–water partition coefficient (Wildman–Crippen LogP) is 5.45. The summed E-state index contributed by atoms with van der Waals surface area (Å²) in [5, 5.41) is 25.9. The lowest BCUT2D eigenvalue weighted by atomic mass is 10.2. The van der Waals surface area contributed by atoms with E-state index in [1.54, 1.807) is 30.5 Å². The van der Waals surface area contributed by atoms with Crippen molar-refractivity contribution in [2.45, 2.75) is 0 Å². The summed E-state index contributed by atoms with van der Waals surface area (Å²) < 4.78 is 1.46. The Hall–Kier alpha value is -4.30. The Kier molecular flexibility index (Phi) is 6.05. The van der Waals surface area contributed by atoms with Crippen LogP contribution in [-0.4, -0.2) is 32.1 Å². The van der Waals surface area contributed by atoms with Gasteiger partial charge in [0.15, 0.2) is 0 Å². The maximum atomic E-state index is 11.0. The molecule has 1 aromatic heterocycles. The monoisotopic (exact) mass is 445 g/mol. The molecule has 32 heavy (non-hydrogen) atoms. The fourth-order valence-electron chi connectivity index (χ4n) is 2.89. The number of non-ortho nitro benzene ring substituents is 1. The van der Waals surface area contributed by atoms with E-state index in [-0.39, 0.29) is 17.4 Å². The molecule has 0 saturated heterocycles. The molecule has 4 aromatic rings. The van der Waals surface area contributed by atoms with Crippen molar-refractivity contribution in [3.05, 3.63) is 105 Å². The number of imidazole rings is 1. The average Bonchev–Trinajstić information content (AvgIpc) is 3.22. The van der Waals surface area contributed by atoms with Gasteiger partial charge in [0.25, 0.3) is 11.6 Å². The van der Waals surface area contributed by atoms with Gasteiger partial charge in [-0.1, -0.05) is 54.1 Å². The van der Waals surface area contributed by atoms with E-state index < -0.39 is 4.92 Å². The van der Waals surface area contributed by atoms with E-state index in [0.29, 0.717) is 21.8 Å². The predicted molar refractivity (Wildman–Crippen MR) is 124 cm³/mol. The van der Waals surface area contributed by atoms with Crippen LogP contribution < -0.4 is 0 Å². The van der Waals surface area contributed by atoms with Crippen molar-refractivity contribution in [1.82, 2.24) is 9.66 Å². The first-order valence-electron chi connectivity index (χ1n) is 9.46. The van der Waals surface area contributed by atoms with E-state index in [9.17, 15) is 15.2 Å². The van der Waals surface area contributed by atoms with E-state index in [2.05, 4.69) is 15.1 Å². The number of aliphatic imine (C=N–C) groups is 1. The van der Waals surface area contributed by atoms with Crippen LogP contribution >= 0.6 is 11.6 Å². The number of phenols is 1. The summed E-state index contributed by atoms with van der Waals surface area (Å²) in [5.41, 5.74) is 2.47. The highest BCUT2D eigenvalue weighted by atomic mass is 35.5. The average molecular weight is 446 g/mol. The summed E-state index contributed by atoms with van der Waals surface area (Å²) in [7, 11) is 0. The van der Waals surface area contributed by atoms with Gasteiger partial charge < -0.3 is 5.11 Å². The van der Waals surface area contributed by atoms with Gasteiger partial charge in [0.1, 0.15) is 5.75 Å². The summed E-state index contributed by atoms with van der Waals surface area (Å²) in [6.07, 6.45) is 4.63. The van der Waals surface area contributed by atoms with Crippen LogP contribution in [0.25, 0.3) is 11.3 Å². The molecule has 0 aliphatic carbocycles. The van der Waals surface area contributed by atoms with Crippen molar-refractivity contribution in [3.8, 4) is 17.0 Å². The molecule has 8 nitrogen and oxygen atoms in total. The second kappa shape index (κ2) is 9.23. The molecule has 0 radical (unpaired) electrons. The third kappa shape index (κ3) is 4.88. The van der Waals surface area contributed by atoms with Gasteiger partial charge in [0.05, 0.1) is 23.0 Å². The minimum Gasteiger partial charge on any atom is -0.507 e. The summed E-state index contributed by atoms with van der Waals surface area (Å²) >= 11 is 6.00. The molecule has 0 aliphatic rings. The summed E-state index contributed by atoms with van der Waals surface area (Å²) in [6.45, 7) is 0. The Bertz CT molecular complexity index is 1330. The fourth-order valence-corrected chi connectivity index (χ4v) is 3.07. The number of nitrogens with zero attached hydrogens (tertiary/aromatic N) is 5. The number of aromatic hydroxyl groups is 1. The maximum absolute atomic E-state index is 11.0. The van der Waals surface area contributed by atoms with E-state index in [1.807, 2.05) is 30.3 Å². The van der Waals surface area contributed by atoms with Crippen LogP contribution in [0.4, 0.5) is 11.6 Å². The normalized spacial score (nSPS) is 11.4. The van der Waals surface area contributed by atoms with Crippen molar-refractivity contribution in [2.75, 3.05) is 0 Å². The smallest absolute Gasteiger partial charge is 0.270 e. The van der Waals surface area contributed by atoms with Gasteiger partial charge in [0.2, 0.25) is 0 Å². The van der Waals surface area contributed by atoms with Crippen molar-refractivity contribution in [3.63, 3.8) is 0 Å². The van der Waals surface area contributed by atoms with Gasteiger partial charge in [-0.15, -0.1) is 0 Å². The number of hydrogen-bond donors (Lipinski definition) is 1. The van der Waals surface area contributed by atoms with Crippen LogP contribution in [0.15, 0.2) is 89.1 Å². The van der Waals surface area contributed by atoms with Gasteiger partial charge in [0, 0.05) is 40.1 Å². The number of benzene rings is 3. The van der Waals surface area contributed by atoms with Crippen LogP contribution in [0, 0.1) is 10.1 Å². The van der Waals surface area contributed by atoms with Crippen molar-refractivity contribution in [2.24, 2.45) is 10.1 Å². The lowest BCUT2D eigenvalue weighted by Gasteiger charge is -1.99. The number of nitro benzene ring substituents is 1. The molecule has 4 rings (SSSR count). The van der Waals surface area contributed by atoms with E-state index in [1.165, 1.54) is 35.3 Å². The highest BCUT2D eigenvalue weighted by Gasteiger charge is 2.09. The van der Waals surface area contributed by atoms with Crippen LogP contribution in [-0.2, 0) is 0 Å². The first-order valence-corrected chi connectivity index (χ1v) is 9.83. The largest absolute Gasteiger partial charge is 0.507 e. The number of halogens is 1. The Balaban J connectivity index is 1.72. The Morgan fingerprint density at radius 3 is 2.62 bits per heavy atom. The summed E-state index contributed by atoms with van der Waals surface area (Å²) in [4.78, 5) is 19.4. The van der Waals surface area contributed by atoms with Crippen LogP contribution in [0.1, 0.15) is 11.1 Å². The first-order chi connectivity index (χ1) is 15.5. The van der Waals surface area contributed by atoms with Crippen LogP contribution in [0.2, 0.25) is 5.02 Å². The molecule has 0 bridgehead atoms. The number of aromatic nitrogens is 2. The second-order valence-corrected chi connectivity index (χ2v) is 7.13. The fraction of sp³-hybridized carbons (Fsp3) is 0. The zero-order valence-corrected chi connectivity index (χ0v) is 17.3. The zero-order chi connectivity index (χ0) is 22.5. The zero-order valence-electron chi connectivity index (χ0n) is 16.5. The first kappa shape index (κ1) is 21.0. The third-order valence-electron chi connectivity index (χ3n) is 4.46. The molecular weight excluding hydrogens is 430 g/mol. The van der Waals surface area contributed by atoms with E-state index in [4.69, 9.17) is 11.6 Å². The quantitative estimate of drug-likeness (QED) is 0.242. The van der Waals surface area contributed by atoms with Crippen LogP contribution in [0.5, 0.6) is 5.75 Å². The number of nitro groups is 1. The van der Waals surface area contributed by atoms with Crippen molar-refractivity contribution < 1.29 is 10.0 Å². The highest BCUT2D eigenvalue weighted by molar-refractivity contribution is 6.30. The summed E-state index contributed by atoms with van der Waals surface area (Å²) in [6, 6.07) is 20.3. The van der Waals surface area contributed by atoms with Gasteiger partial charge >= 0.3 is 0 Å². The van der Waals surface area contributed by atoms with Crippen LogP contribution in [0.3, 0.4) is 0 Å². The Morgan fingerprint density at radius 2 is 1.84 bits per heavy atom. The minimum absolute atomic E-state index is 0.0274. The topological polar surface area (TPSA) is 106 Å². The molecule has 1 heterocycles. The standard InChI is InChI=1S/C23H16ClN5O3/c24-19-9-10-22(30)18(12-19)14-25-23-27-21(17-6-2-1-3-7-17)15-28(23)26-13-16-5-4-8-20(11-16)29(31)32/h1-15,30H. The van der Waals surface area contributed by atoms with Gasteiger partial charge in [-0.3, -0.25) is 10.1 Å². The molecule has 1 N–H and O–H groups in total. The van der Waals surface area contributed by atoms with Gasteiger partial charge in [-0.25, -0.2) is 14.7 Å². The van der Waals surface area contributed by atoms with E-state index >= 15 is 0 Å². The number of phenolic OH excluding ortho intramolecular Hbond substituents is 1. The third-order valence-corrected chi connectivity index (χ3v) is 4.70. The van der Waals surface area contributed by atoms with E-state index in [0.717, 1.165) is 5.56 Å². The van der Waals surface area contributed by atoms with Crippen molar-refractivity contribution in [1.29, 1.82) is 0 Å². The molecule has 0 atom stereocenters. The molecule has 0 fully saturated rings. The maximum Gasteiger partial charge on any atom is 0.270 e. The SMILES string of the molecule is O=[N+]([O-])c1cccc(C=Nn2cc(-c3ccccc3)nc2N=Cc2cc(Cl)ccc2O)c1. The highest BCUT2D eigenvalue weighted by Crippen LogP contribution is 2.24. The lowest BCUT2D eigenvalue weighted by Crippen LogP contribution is -1.92. The molecular formula is C23H16ClN5O3.